The summed E-state index contributed by atoms with van der Waals surface area (Å²) in [5.74, 6) is -0.267. The van der Waals surface area contributed by atoms with E-state index in [4.69, 9.17) is 16.3 Å². The lowest BCUT2D eigenvalue weighted by Gasteiger charge is -2.17. The molecule has 0 saturated heterocycles. The highest BCUT2D eigenvalue weighted by Crippen LogP contribution is 2.26. The monoisotopic (exact) mass is 495 g/mol. The summed E-state index contributed by atoms with van der Waals surface area (Å²) in [6.07, 6.45) is 1.01. The molecule has 0 bridgehead atoms. The fourth-order valence-corrected chi connectivity index (χ4v) is 3.64. The van der Waals surface area contributed by atoms with E-state index >= 15 is 0 Å². The van der Waals surface area contributed by atoms with Gasteiger partial charge in [0.1, 0.15) is 23.7 Å². The second-order valence-corrected chi connectivity index (χ2v) is 8.86. The molecule has 1 N–H and O–H groups in total. The van der Waals surface area contributed by atoms with E-state index in [0.717, 1.165) is 11.9 Å². The zero-order valence-corrected chi connectivity index (χ0v) is 20.3. The summed E-state index contributed by atoms with van der Waals surface area (Å²) >= 11 is 6.32. The van der Waals surface area contributed by atoms with E-state index in [1.165, 1.54) is 18.4 Å². The van der Waals surface area contributed by atoms with Gasteiger partial charge in [0.2, 0.25) is 5.88 Å². The van der Waals surface area contributed by atoms with Crippen molar-refractivity contribution >= 4 is 11.6 Å². The Morgan fingerprint density at radius 2 is 1.86 bits per heavy atom. The molecular formula is C25H23ClFN5O3. The molecule has 4 aromatic rings. The van der Waals surface area contributed by atoms with E-state index in [9.17, 15) is 14.3 Å². The minimum Gasteiger partial charge on any atom is -0.470 e. The van der Waals surface area contributed by atoms with Crippen LogP contribution >= 0.6 is 11.6 Å². The number of pyridine rings is 1. The Hall–Kier alpha value is -3.69. The Labute approximate surface area is 206 Å². The summed E-state index contributed by atoms with van der Waals surface area (Å²) < 4.78 is 21.6. The van der Waals surface area contributed by atoms with Crippen LogP contribution in [0.1, 0.15) is 36.9 Å². The van der Waals surface area contributed by atoms with Crippen molar-refractivity contribution in [3.63, 3.8) is 0 Å². The van der Waals surface area contributed by atoms with Gasteiger partial charge < -0.3 is 9.84 Å². The number of rotatable bonds is 6. The maximum atomic E-state index is 14.6. The lowest BCUT2D eigenvalue weighted by molar-refractivity contribution is 0.0686. The first-order chi connectivity index (χ1) is 16.5. The lowest BCUT2D eigenvalue weighted by Crippen LogP contribution is -2.23. The van der Waals surface area contributed by atoms with Gasteiger partial charge in [0.05, 0.1) is 17.6 Å². The summed E-state index contributed by atoms with van der Waals surface area (Å²) in [4.78, 5) is 29.9. The van der Waals surface area contributed by atoms with E-state index in [2.05, 4.69) is 19.9 Å². The zero-order chi connectivity index (χ0) is 25.3. The molecule has 3 aromatic heterocycles. The van der Waals surface area contributed by atoms with E-state index in [-0.39, 0.29) is 29.0 Å². The van der Waals surface area contributed by atoms with Crippen LogP contribution in [0.5, 0.6) is 5.88 Å². The molecule has 8 nitrogen and oxygen atoms in total. The lowest BCUT2D eigenvalue weighted by atomic mass is 10.1. The molecule has 0 saturated carbocycles. The average Bonchev–Trinajstić information content (AvgIpc) is 2.80. The number of nitrogens with zero attached hydrogens (tertiary/aromatic N) is 5. The molecule has 4 rings (SSSR count). The van der Waals surface area contributed by atoms with Gasteiger partial charge in [0.25, 0.3) is 5.56 Å². The molecule has 0 radical (unpaired) electrons. The molecular weight excluding hydrogens is 473 g/mol. The second kappa shape index (κ2) is 9.52. The van der Waals surface area contributed by atoms with Crippen LogP contribution in [0.15, 0.2) is 53.5 Å². The third-order valence-electron chi connectivity index (χ3n) is 5.14. The number of aliphatic hydroxyl groups is 1. The summed E-state index contributed by atoms with van der Waals surface area (Å²) in [5, 5.41) is 10.0. The molecule has 1 aromatic carbocycles. The second-order valence-electron chi connectivity index (χ2n) is 8.48. The molecule has 0 aliphatic heterocycles. The molecule has 35 heavy (non-hydrogen) atoms. The first-order valence-electron chi connectivity index (χ1n) is 10.8. The Kier molecular flexibility index (Phi) is 6.64. The summed E-state index contributed by atoms with van der Waals surface area (Å²) in [6.45, 7) is 6.63. The molecule has 180 valence electrons. The predicted molar refractivity (Wildman–Crippen MR) is 129 cm³/mol. The molecule has 3 heterocycles. The average molecular weight is 496 g/mol. The molecule has 0 amide bonds. The van der Waals surface area contributed by atoms with Crippen molar-refractivity contribution in [1.82, 2.24) is 24.5 Å². The van der Waals surface area contributed by atoms with Gasteiger partial charge >= 0.3 is 0 Å². The fraction of sp³-hybridized carbons (Fsp3) is 0.240. The smallest absolute Gasteiger partial charge is 0.280 e. The summed E-state index contributed by atoms with van der Waals surface area (Å²) in [6, 6.07) is 12.1. The quantitative estimate of drug-likeness (QED) is 0.425. The normalized spacial score (nSPS) is 11.5. The van der Waals surface area contributed by atoms with E-state index in [0.29, 0.717) is 22.8 Å². The Bertz CT molecular complexity index is 1470. The Balaban J connectivity index is 1.71. The number of halogens is 2. The highest BCUT2D eigenvalue weighted by atomic mass is 35.5. The van der Waals surface area contributed by atoms with E-state index in [1.54, 1.807) is 37.3 Å². The maximum Gasteiger partial charge on any atom is 0.280 e. The van der Waals surface area contributed by atoms with Crippen LogP contribution < -0.4 is 10.3 Å². The van der Waals surface area contributed by atoms with Gasteiger partial charge in [-0.15, -0.1) is 0 Å². The highest BCUT2D eigenvalue weighted by Gasteiger charge is 2.22. The molecule has 10 heteroatoms. The zero-order valence-electron chi connectivity index (χ0n) is 19.6. The topological polar surface area (TPSA) is 103 Å². The van der Waals surface area contributed by atoms with Crippen molar-refractivity contribution < 1.29 is 14.2 Å². The fourth-order valence-electron chi connectivity index (χ4n) is 3.46. The van der Waals surface area contributed by atoms with Crippen LogP contribution in [0, 0.1) is 19.7 Å². The summed E-state index contributed by atoms with van der Waals surface area (Å²) in [5.41, 5.74) is 0.420. The largest absolute Gasteiger partial charge is 0.470 e. The number of benzene rings is 1. The van der Waals surface area contributed by atoms with Gasteiger partial charge in [-0.25, -0.2) is 14.4 Å². The standard InChI is InChI=1S/C25H23ClFN5O3/c1-14-7-5-9-17(29-14)13-35-22-20(26)23(33)32(15(2)30-22)18-10-6-8-16(11-18)21-19(27)12-28-24(31-21)25(3,4)34/h5-12,34H,13H2,1-4H3. The predicted octanol–water partition coefficient (Wildman–Crippen LogP) is 4.30. The van der Waals surface area contributed by atoms with E-state index in [1.807, 2.05) is 19.1 Å². The number of aromatic nitrogens is 5. The van der Waals surface area contributed by atoms with Crippen LogP contribution in [-0.2, 0) is 12.2 Å². The molecule has 0 fully saturated rings. The third kappa shape index (κ3) is 5.21. The molecule has 0 aliphatic rings. The van der Waals surface area contributed by atoms with Crippen LogP contribution in [0.2, 0.25) is 5.02 Å². The molecule has 0 spiro atoms. The third-order valence-corrected chi connectivity index (χ3v) is 5.46. The van der Waals surface area contributed by atoms with Gasteiger partial charge in [-0.05, 0) is 52.0 Å². The van der Waals surface area contributed by atoms with Crippen molar-refractivity contribution in [2.24, 2.45) is 0 Å². The van der Waals surface area contributed by atoms with Crippen LogP contribution in [0.4, 0.5) is 4.39 Å². The number of hydrogen-bond donors (Lipinski definition) is 1. The van der Waals surface area contributed by atoms with Crippen LogP contribution in [0.3, 0.4) is 0 Å². The van der Waals surface area contributed by atoms with Crippen molar-refractivity contribution in [3.8, 4) is 22.8 Å². The minimum absolute atomic E-state index is 0.00143. The molecule has 0 unspecified atom stereocenters. The van der Waals surface area contributed by atoms with Gasteiger partial charge in [0.15, 0.2) is 16.7 Å². The van der Waals surface area contributed by atoms with Crippen LogP contribution in [-0.4, -0.2) is 29.6 Å². The molecule has 0 atom stereocenters. The van der Waals surface area contributed by atoms with Gasteiger partial charge in [-0.1, -0.05) is 29.8 Å². The van der Waals surface area contributed by atoms with Crippen molar-refractivity contribution in [2.45, 2.75) is 39.9 Å². The first-order valence-corrected chi connectivity index (χ1v) is 11.1. The minimum atomic E-state index is -1.35. The van der Waals surface area contributed by atoms with Gasteiger partial charge in [-0.2, -0.15) is 4.98 Å². The van der Waals surface area contributed by atoms with Crippen molar-refractivity contribution in [3.05, 3.63) is 92.9 Å². The molecule has 0 aliphatic carbocycles. The SMILES string of the molecule is Cc1cccc(COc2nc(C)n(-c3cccc(-c4nc(C(C)(C)O)ncc4F)c3)c(=O)c2Cl)n1. The van der Waals surface area contributed by atoms with Gasteiger partial charge in [0, 0.05) is 11.3 Å². The van der Waals surface area contributed by atoms with Crippen molar-refractivity contribution in [1.29, 1.82) is 0 Å². The Morgan fingerprint density at radius 1 is 1.11 bits per heavy atom. The first kappa shape index (κ1) is 24.4. The van der Waals surface area contributed by atoms with Gasteiger partial charge in [-0.3, -0.25) is 14.3 Å². The van der Waals surface area contributed by atoms with Crippen molar-refractivity contribution in [2.75, 3.05) is 0 Å². The highest BCUT2D eigenvalue weighted by molar-refractivity contribution is 6.31. The number of aryl methyl sites for hydroxylation is 2. The Morgan fingerprint density at radius 3 is 2.57 bits per heavy atom. The van der Waals surface area contributed by atoms with Crippen LogP contribution in [0.25, 0.3) is 16.9 Å². The number of ether oxygens (including phenoxy) is 1. The maximum absolute atomic E-state index is 14.6. The number of hydrogen-bond acceptors (Lipinski definition) is 7. The van der Waals surface area contributed by atoms with E-state index < -0.39 is 17.0 Å². The summed E-state index contributed by atoms with van der Waals surface area (Å²) in [7, 11) is 0.